The third kappa shape index (κ3) is 7.65. The number of ketones is 1. The standard InChI is InChI=1S/C14H29N5O2S/c1-8(2)11(17-4)13(21)19-10(12(20)9(3)22)6-5-7-18-14(15)16/h8-11,17,22H,5-7H2,1-4H3,(H,19,21)(H4,15,16,18)/t9?,10-,11-/m0/s1. The summed E-state index contributed by atoms with van der Waals surface area (Å²) in [5, 5.41) is 15.1. The highest BCUT2D eigenvalue weighted by Crippen LogP contribution is 2.08. The van der Waals surface area contributed by atoms with Crippen molar-refractivity contribution in [2.24, 2.45) is 11.7 Å². The summed E-state index contributed by atoms with van der Waals surface area (Å²) in [7, 11) is 1.72. The molecule has 3 atom stereocenters. The molecule has 0 fully saturated rings. The molecule has 7 nitrogen and oxygen atoms in total. The Balaban J connectivity index is 4.69. The van der Waals surface area contributed by atoms with Gasteiger partial charge >= 0.3 is 0 Å². The van der Waals surface area contributed by atoms with Crippen LogP contribution in [0.15, 0.2) is 0 Å². The third-order valence-electron chi connectivity index (χ3n) is 3.32. The number of likely N-dealkylation sites (N-methyl/N-ethyl adjacent to an activating group) is 1. The van der Waals surface area contributed by atoms with Gasteiger partial charge in [0.2, 0.25) is 5.91 Å². The maximum atomic E-state index is 12.3. The monoisotopic (exact) mass is 331 g/mol. The van der Waals surface area contributed by atoms with Crippen molar-refractivity contribution < 1.29 is 9.59 Å². The van der Waals surface area contributed by atoms with Gasteiger partial charge in [-0.15, -0.1) is 0 Å². The van der Waals surface area contributed by atoms with Gasteiger partial charge in [-0.1, -0.05) is 13.8 Å². The highest BCUT2D eigenvalue weighted by molar-refractivity contribution is 7.81. The molecule has 0 aromatic rings. The maximum absolute atomic E-state index is 12.3. The molecule has 0 rings (SSSR count). The number of amides is 1. The molecular formula is C14H29N5O2S. The van der Waals surface area contributed by atoms with Crippen LogP contribution in [-0.2, 0) is 9.59 Å². The first-order valence-corrected chi connectivity index (χ1v) is 7.99. The van der Waals surface area contributed by atoms with Crippen LogP contribution in [0, 0.1) is 11.3 Å². The molecule has 0 aliphatic carbocycles. The predicted molar refractivity (Wildman–Crippen MR) is 92.2 cm³/mol. The van der Waals surface area contributed by atoms with Crippen LogP contribution in [0.5, 0.6) is 0 Å². The molecule has 0 spiro atoms. The average Bonchev–Trinajstić information content (AvgIpc) is 2.41. The summed E-state index contributed by atoms with van der Waals surface area (Å²) in [5.41, 5.74) is 5.20. The van der Waals surface area contributed by atoms with Gasteiger partial charge in [0.15, 0.2) is 11.7 Å². The summed E-state index contributed by atoms with van der Waals surface area (Å²) in [6.07, 6.45) is 1.09. The summed E-state index contributed by atoms with van der Waals surface area (Å²) in [6, 6.07) is -0.927. The quantitative estimate of drug-likeness (QED) is 0.144. The lowest BCUT2D eigenvalue weighted by molar-refractivity contribution is -0.129. The number of hydrogen-bond acceptors (Lipinski definition) is 5. The second kappa shape index (κ2) is 10.4. The van der Waals surface area contributed by atoms with E-state index in [9.17, 15) is 9.59 Å². The molecule has 0 aliphatic heterocycles. The molecule has 0 radical (unpaired) electrons. The van der Waals surface area contributed by atoms with Gasteiger partial charge in [0.25, 0.3) is 0 Å². The van der Waals surface area contributed by atoms with Crippen LogP contribution in [-0.4, -0.2) is 48.6 Å². The Kier molecular flexibility index (Phi) is 9.84. The van der Waals surface area contributed by atoms with Gasteiger partial charge in [-0.2, -0.15) is 12.6 Å². The Morgan fingerprint density at radius 1 is 1.27 bits per heavy atom. The summed E-state index contributed by atoms with van der Waals surface area (Å²) in [5.74, 6) is -0.291. The molecule has 6 N–H and O–H groups in total. The normalized spacial score (nSPS) is 15.0. The second-order valence-corrected chi connectivity index (χ2v) is 6.41. The van der Waals surface area contributed by atoms with Crippen molar-refractivity contribution in [2.45, 2.75) is 50.9 Å². The van der Waals surface area contributed by atoms with Crippen LogP contribution in [0.2, 0.25) is 0 Å². The van der Waals surface area contributed by atoms with Crippen LogP contribution in [0.25, 0.3) is 0 Å². The molecular weight excluding hydrogens is 302 g/mol. The van der Waals surface area contributed by atoms with E-state index >= 15 is 0 Å². The fraction of sp³-hybridized carbons (Fsp3) is 0.786. The minimum Gasteiger partial charge on any atom is -0.370 e. The van der Waals surface area contributed by atoms with E-state index in [1.165, 1.54) is 0 Å². The lowest BCUT2D eigenvalue weighted by Crippen LogP contribution is -2.52. The number of hydrogen-bond donors (Lipinski definition) is 6. The minimum atomic E-state index is -0.580. The molecule has 0 bridgehead atoms. The molecule has 22 heavy (non-hydrogen) atoms. The SMILES string of the molecule is CN[C@H](C(=O)N[C@@H](CCCNC(=N)N)C(=O)C(C)S)C(C)C. The van der Waals surface area contributed by atoms with E-state index in [2.05, 4.69) is 28.6 Å². The number of carbonyl (C=O) groups excluding carboxylic acids is 2. The second-order valence-electron chi connectivity index (χ2n) is 5.63. The third-order valence-corrected chi connectivity index (χ3v) is 3.57. The van der Waals surface area contributed by atoms with Crippen molar-refractivity contribution in [2.75, 3.05) is 13.6 Å². The molecule has 1 unspecified atom stereocenters. The topological polar surface area (TPSA) is 120 Å². The summed E-state index contributed by atoms with van der Waals surface area (Å²) in [6.45, 7) is 6.05. The fourth-order valence-corrected chi connectivity index (χ4v) is 2.31. The van der Waals surface area contributed by atoms with Gasteiger partial charge in [-0.05, 0) is 32.7 Å². The van der Waals surface area contributed by atoms with Crippen LogP contribution >= 0.6 is 12.6 Å². The molecule has 128 valence electrons. The Bertz CT molecular complexity index is 387. The van der Waals surface area contributed by atoms with Gasteiger partial charge in [0.1, 0.15) is 0 Å². The van der Waals surface area contributed by atoms with E-state index in [4.69, 9.17) is 11.1 Å². The zero-order chi connectivity index (χ0) is 17.3. The van der Waals surface area contributed by atoms with Crippen molar-refractivity contribution in [1.82, 2.24) is 16.0 Å². The van der Waals surface area contributed by atoms with Crippen LogP contribution < -0.4 is 21.7 Å². The Morgan fingerprint density at radius 2 is 1.86 bits per heavy atom. The van der Waals surface area contributed by atoms with Crippen molar-refractivity contribution in [3.8, 4) is 0 Å². The number of nitrogens with two attached hydrogens (primary N) is 1. The average molecular weight is 331 g/mol. The van der Waals surface area contributed by atoms with Gasteiger partial charge in [-0.3, -0.25) is 15.0 Å². The van der Waals surface area contributed by atoms with Crippen molar-refractivity contribution in [3.63, 3.8) is 0 Å². The molecule has 0 saturated heterocycles. The molecule has 0 saturated carbocycles. The van der Waals surface area contributed by atoms with Gasteiger partial charge in [0, 0.05) is 6.54 Å². The Labute approximate surface area is 138 Å². The number of thiol groups is 1. The first-order valence-electron chi connectivity index (χ1n) is 7.48. The number of Topliss-reactive ketones (excluding diaryl/α,β-unsaturated/α-hetero) is 1. The van der Waals surface area contributed by atoms with E-state index in [1.807, 2.05) is 13.8 Å². The lowest BCUT2D eigenvalue weighted by Gasteiger charge is -2.24. The van der Waals surface area contributed by atoms with E-state index in [1.54, 1.807) is 14.0 Å². The Morgan fingerprint density at radius 3 is 2.27 bits per heavy atom. The van der Waals surface area contributed by atoms with Gasteiger partial charge < -0.3 is 21.7 Å². The summed E-state index contributed by atoms with van der Waals surface area (Å²) >= 11 is 4.16. The van der Waals surface area contributed by atoms with Crippen molar-refractivity contribution in [1.29, 1.82) is 5.41 Å². The first kappa shape index (κ1) is 20.7. The highest BCUT2D eigenvalue weighted by Gasteiger charge is 2.27. The zero-order valence-electron chi connectivity index (χ0n) is 13.8. The number of carbonyl (C=O) groups is 2. The molecule has 0 aliphatic rings. The lowest BCUT2D eigenvalue weighted by atomic mass is 10.0. The highest BCUT2D eigenvalue weighted by atomic mass is 32.1. The largest absolute Gasteiger partial charge is 0.370 e. The first-order chi connectivity index (χ1) is 10.2. The van der Waals surface area contributed by atoms with Crippen LogP contribution in [0.3, 0.4) is 0 Å². The zero-order valence-corrected chi connectivity index (χ0v) is 14.7. The number of rotatable bonds is 10. The van der Waals surface area contributed by atoms with Crippen LogP contribution in [0.4, 0.5) is 0 Å². The van der Waals surface area contributed by atoms with E-state index in [-0.39, 0.29) is 29.6 Å². The van der Waals surface area contributed by atoms with Crippen LogP contribution in [0.1, 0.15) is 33.6 Å². The summed E-state index contributed by atoms with van der Waals surface area (Å²) in [4.78, 5) is 24.5. The maximum Gasteiger partial charge on any atom is 0.237 e. The van der Waals surface area contributed by atoms with E-state index in [0.29, 0.717) is 19.4 Å². The molecule has 8 heteroatoms. The Hall–Kier alpha value is -1.28. The van der Waals surface area contributed by atoms with Crippen molar-refractivity contribution in [3.05, 3.63) is 0 Å². The molecule has 1 amide bonds. The van der Waals surface area contributed by atoms with E-state index < -0.39 is 11.3 Å². The fourth-order valence-electron chi connectivity index (χ4n) is 2.13. The molecule has 0 aromatic heterocycles. The number of nitrogens with one attached hydrogen (secondary N) is 4. The number of guanidine groups is 1. The van der Waals surface area contributed by atoms with Crippen molar-refractivity contribution >= 4 is 30.3 Å². The van der Waals surface area contributed by atoms with Gasteiger partial charge in [-0.25, -0.2) is 0 Å². The molecule has 0 aromatic carbocycles. The smallest absolute Gasteiger partial charge is 0.237 e. The minimum absolute atomic E-state index is 0.107. The van der Waals surface area contributed by atoms with E-state index in [0.717, 1.165) is 0 Å². The molecule has 0 heterocycles. The predicted octanol–water partition coefficient (Wildman–Crippen LogP) is -0.134. The van der Waals surface area contributed by atoms with Gasteiger partial charge in [0.05, 0.1) is 17.3 Å². The summed E-state index contributed by atoms with van der Waals surface area (Å²) < 4.78 is 0.